The Hall–Kier alpha value is -2.16. The average Bonchev–Trinajstić information content (AvgIpc) is 2.78. The Morgan fingerprint density at radius 3 is 2.88 bits per heavy atom. The molecule has 2 N–H and O–H groups in total. The van der Waals surface area contributed by atoms with Crippen molar-refractivity contribution in [1.82, 2.24) is 9.97 Å². The number of hydrogen-bond donors (Lipinski definition) is 2. The number of aliphatic carboxylic acids is 1. The van der Waals surface area contributed by atoms with E-state index in [1.807, 2.05) is 6.07 Å². The SMILES string of the molecule is N#Cc1cnc(NC2CCCC2C(=O)O)cn1. The number of carbonyl (C=O) groups is 1. The van der Waals surface area contributed by atoms with Crippen LogP contribution in [0.25, 0.3) is 0 Å². The predicted molar refractivity (Wildman–Crippen MR) is 59.1 cm³/mol. The number of hydrogen-bond acceptors (Lipinski definition) is 5. The highest BCUT2D eigenvalue weighted by Crippen LogP contribution is 2.28. The maximum absolute atomic E-state index is 11.0. The van der Waals surface area contributed by atoms with Crippen LogP contribution >= 0.6 is 0 Å². The van der Waals surface area contributed by atoms with Gasteiger partial charge in [0.25, 0.3) is 0 Å². The van der Waals surface area contributed by atoms with Crippen molar-refractivity contribution in [2.75, 3.05) is 5.32 Å². The van der Waals surface area contributed by atoms with Crippen molar-refractivity contribution in [3.63, 3.8) is 0 Å². The Morgan fingerprint density at radius 1 is 1.47 bits per heavy atom. The first kappa shape index (κ1) is 11.3. The zero-order valence-electron chi connectivity index (χ0n) is 9.13. The number of aromatic nitrogens is 2. The molecule has 0 saturated heterocycles. The molecule has 2 atom stereocenters. The Labute approximate surface area is 98.3 Å². The predicted octanol–water partition coefficient (Wildman–Crippen LogP) is 1.01. The van der Waals surface area contributed by atoms with Crippen LogP contribution in [-0.2, 0) is 4.79 Å². The summed E-state index contributed by atoms with van der Waals surface area (Å²) in [6.45, 7) is 0. The molecule has 6 heteroatoms. The molecule has 1 aromatic rings. The minimum absolute atomic E-state index is 0.102. The van der Waals surface area contributed by atoms with Gasteiger partial charge in [0.15, 0.2) is 5.69 Å². The summed E-state index contributed by atoms with van der Waals surface area (Å²) in [6.07, 6.45) is 5.23. The molecule has 0 radical (unpaired) electrons. The summed E-state index contributed by atoms with van der Waals surface area (Å²) in [6, 6.07) is 1.78. The molecular weight excluding hydrogens is 220 g/mol. The Balaban J connectivity index is 2.05. The molecule has 1 aromatic heterocycles. The molecule has 2 rings (SSSR count). The number of nitriles is 1. The monoisotopic (exact) mass is 232 g/mol. The van der Waals surface area contributed by atoms with Gasteiger partial charge in [-0.25, -0.2) is 9.97 Å². The third-order valence-corrected chi connectivity index (χ3v) is 2.93. The van der Waals surface area contributed by atoms with E-state index in [0.717, 1.165) is 12.8 Å². The molecule has 1 aliphatic rings. The molecule has 1 aliphatic carbocycles. The quantitative estimate of drug-likeness (QED) is 0.807. The normalized spacial score (nSPS) is 23.0. The van der Waals surface area contributed by atoms with Crippen molar-refractivity contribution >= 4 is 11.8 Å². The zero-order chi connectivity index (χ0) is 12.3. The van der Waals surface area contributed by atoms with E-state index in [0.29, 0.717) is 12.2 Å². The minimum atomic E-state index is -0.776. The molecule has 0 spiro atoms. The molecule has 0 amide bonds. The molecule has 88 valence electrons. The van der Waals surface area contributed by atoms with Gasteiger partial charge in [0, 0.05) is 6.04 Å². The summed E-state index contributed by atoms with van der Waals surface area (Å²) < 4.78 is 0. The molecule has 17 heavy (non-hydrogen) atoms. The van der Waals surface area contributed by atoms with Gasteiger partial charge in [-0.1, -0.05) is 6.42 Å². The van der Waals surface area contributed by atoms with Crippen molar-refractivity contribution in [1.29, 1.82) is 5.26 Å². The van der Waals surface area contributed by atoms with Crippen LogP contribution in [0.4, 0.5) is 5.82 Å². The van der Waals surface area contributed by atoms with E-state index in [4.69, 9.17) is 10.4 Å². The largest absolute Gasteiger partial charge is 0.481 e. The summed E-state index contributed by atoms with van der Waals surface area (Å²) in [5.41, 5.74) is 0.247. The Kier molecular flexibility index (Phi) is 3.19. The van der Waals surface area contributed by atoms with Crippen LogP contribution in [0.5, 0.6) is 0 Å². The fourth-order valence-electron chi connectivity index (χ4n) is 2.08. The van der Waals surface area contributed by atoms with Gasteiger partial charge in [-0.15, -0.1) is 0 Å². The average molecular weight is 232 g/mol. The number of nitrogens with zero attached hydrogens (tertiary/aromatic N) is 3. The van der Waals surface area contributed by atoms with Gasteiger partial charge >= 0.3 is 5.97 Å². The second-order valence-corrected chi connectivity index (χ2v) is 4.03. The summed E-state index contributed by atoms with van der Waals surface area (Å²) in [5, 5.41) is 20.7. The first-order valence-electron chi connectivity index (χ1n) is 5.42. The lowest BCUT2D eigenvalue weighted by Crippen LogP contribution is -2.30. The smallest absolute Gasteiger partial charge is 0.308 e. The highest BCUT2D eigenvalue weighted by molar-refractivity contribution is 5.72. The van der Waals surface area contributed by atoms with Gasteiger partial charge in [0.05, 0.1) is 18.3 Å². The maximum atomic E-state index is 11.0. The summed E-state index contributed by atoms with van der Waals surface area (Å²) >= 11 is 0. The third-order valence-electron chi connectivity index (χ3n) is 2.93. The summed E-state index contributed by atoms with van der Waals surface area (Å²) in [7, 11) is 0. The van der Waals surface area contributed by atoms with E-state index >= 15 is 0 Å². The number of carboxylic acids is 1. The first-order valence-corrected chi connectivity index (χ1v) is 5.42. The fourth-order valence-corrected chi connectivity index (χ4v) is 2.08. The number of nitrogens with one attached hydrogen (secondary N) is 1. The van der Waals surface area contributed by atoms with Crippen LogP contribution in [-0.4, -0.2) is 27.1 Å². The molecule has 0 aromatic carbocycles. The standard InChI is InChI=1S/C11H12N4O2/c12-4-7-5-14-10(6-13-7)15-9-3-1-2-8(9)11(16)17/h5-6,8-9H,1-3H2,(H,14,15)(H,16,17). The number of carboxylic acid groups (broad SMARTS) is 1. The molecule has 1 fully saturated rings. The van der Waals surface area contributed by atoms with E-state index < -0.39 is 5.97 Å². The third kappa shape index (κ3) is 2.50. The number of anilines is 1. The van der Waals surface area contributed by atoms with Crippen LogP contribution in [0.15, 0.2) is 12.4 Å². The molecule has 1 saturated carbocycles. The second kappa shape index (κ2) is 4.78. The maximum Gasteiger partial charge on any atom is 0.308 e. The second-order valence-electron chi connectivity index (χ2n) is 4.03. The van der Waals surface area contributed by atoms with Crippen LogP contribution in [0, 0.1) is 17.2 Å². The van der Waals surface area contributed by atoms with E-state index in [1.54, 1.807) is 0 Å². The van der Waals surface area contributed by atoms with Crippen LogP contribution in [0.2, 0.25) is 0 Å². The van der Waals surface area contributed by atoms with Gasteiger partial charge in [0.2, 0.25) is 0 Å². The van der Waals surface area contributed by atoms with Crippen molar-refractivity contribution in [3.05, 3.63) is 18.1 Å². The highest BCUT2D eigenvalue weighted by Gasteiger charge is 2.32. The summed E-state index contributed by atoms with van der Waals surface area (Å²) in [4.78, 5) is 18.9. The Morgan fingerprint density at radius 2 is 2.29 bits per heavy atom. The van der Waals surface area contributed by atoms with Crippen molar-refractivity contribution < 1.29 is 9.90 Å². The minimum Gasteiger partial charge on any atom is -0.481 e. The molecule has 2 unspecified atom stereocenters. The van der Waals surface area contributed by atoms with Gasteiger partial charge in [0.1, 0.15) is 11.9 Å². The summed E-state index contributed by atoms with van der Waals surface area (Å²) in [5.74, 6) is -0.629. The highest BCUT2D eigenvalue weighted by atomic mass is 16.4. The topological polar surface area (TPSA) is 98.9 Å². The molecule has 6 nitrogen and oxygen atoms in total. The van der Waals surface area contributed by atoms with E-state index in [-0.39, 0.29) is 17.7 Å². The van der Waals surface area contributed by atoms with Gasteiger partial charge in [-0.05, 0) is 12.8 Å². The number of rotatable bonds is 3. The van der Waals surface area contributed by atoms with Crippen LogP contribution < -0.4 is 5.32 Å². The fraction of sp³-hybridized carbons (Fsp3) is 0.455. The van der Waals surface area contributed by atoms with Crippen LogP contribution in [0.1, 0.15) is 25.0 Å². The van der Waals surface area contributed by atoms with Crippen LogP contribution in [0.3, 0.4) is 0 Å². The lowest BCUT2D eigenvalue weighted by molar-refractivity contribution is -0.141. The van der Waals surface area contributed by atoms with Gasteiger partial charge < -0.3 is 10.4 Å². The van der Waals surface area contributed by atoms with Crippen molar-refractivity contribution in [2.45, 2.75) is 25.3 Å². The van der Waals surface area contributed by atoms with Crippen molar-refractivity contribution in [2.24, 2.45) is 5.92 Å². The van der Waals surface area contributed by atoms with E-state index in [9.17, 15) is 4.79 Å². The molecular formula is C11H12N4O2. The first-order chi connectivity index (χ1) is 8.20. The lowest BCUT2D eigenvalue weighted by atomic mass is 10.0. The van der Waals surface area contributed by atoms with E-state index in [2.05, 4.69) is 15.3 Å². The molecule has 1 heterocycles. The van der Waals surface area contributed by atoms with Crippen molar-refractivity contribution in [3.8, 4) is 6.07 Å². The molecule has 0 aliphatic heterocycles. The van der Waals surface area contributed by atoms with Gasteiger partial charge in [-0.2, -0.15) is 5.26 Å². The van der Waals surface area contributed by atoms with Gasteiger partial charge in [-0.3, -0.25) is 4.79 Å². The lowest BCUT2D eigenvalue weighted by Gasteiger charge is -2.17. The van der Waals surface area contributed by atoms with E-state index in [1.165, 1.54) is 12.4 Å². The molecule has 0 bridgehead atoms. The zero-order valence-corrected chi connectivity index (χ0v) is 9.13. The Bertz CT molecular complexity index is 452.